The van der Waals surface area contributed by atoms with Crippen LogP contribution < -0.4 is 10.6 Å². The molecule has 4 rings (SSSR count). The summed E-state index contributed by atoms with van der Waals surface area (Å²) in [6, 6.07) is 9.85. The molecule has 1 amide bonds. The number of pyridine rings is 1. The van der Waals surface area contributed by atoms with E-state index in [4.69, 9.17) is 4.52 Å². The van der Waals surface area contributed by atoms with Crippen LogP contribution in [0.4, 0.5) is 24.8 Å². The van der Waals surface area contributed by atoms with Gasteiger partial charge in [-0.3, -0.25) is 9.78 Å². The van der Waals surface area contributed by atoms with Crippen molar-refractivity contribution in [1.29, 1.82) is 0 Å². The second kappa shape index (κ2) is 9.73. The quantitative estimate of drug-likeness (QED) is 0.370. The maximum atomic E-state index is 13.0. The number of hydrogen-bond acceptors (Lipinski definition) is 7. The lowest BCUT2D eigenvalue weighted by Gasteiger charge is -2.08. The molecule has 0 spiro atoms. The molecule has 4 aromatic rings. The highest BCUT2D eigenvalue weighted by molar-refractivity contribution is 5.92. The predicted octanol–water partition coefficient (Wildman–Crippen LogP) is 4.22. The van der Waals surface area contributed by atoms with Gasteiger partial charge in [0.05, 0.1) is 5.56 Å². The summed E-state index contributed by atoms with van der Waals surface area (Å²) in [4.78, 5) is 20.5. The first-order chi connectivity index (χ1) is 16.3. The van der Waals surface area contributed by atoms with Gasteiger partial charge >= 0.3 is 6.18 Å². The average Bonchev–Trinajstić information content (AvgIpc) is 3.43. The number of carbonyl (C=O) groups excluding carboxylic acids is 1. The Morgan fingerprint density at radius 1 is 1.15 bits per heavy atom. The Morgan fingerprint density at radius 3 is 2.65 bits per heavy atom. The lowest BCUT2D eigenvalue weighted by Crippen LogP contribution is -2.25. The third-order valence-corrected chi connectivity index (χ3v) is 4.75. The summed E-state index contributed by atoms with van der Waals surface area (Å²) in [5, 5.41) is 13.7. The van der Waals surface area contributed by atoms with Gasteiger partial charge < -0.3 is 15.2 Å². The molecule has 0 radical (unpaired) electrons. The first-order valence-electron chi connectivity index (χ1n) is 10.3. The Hall–Kier alpha value is -4.22. The molecule has 2 N–H and O–H groups in total. The van der Waals surface area contributed by atoms with Crippen LogP contribution in [0.5, 0.6) is 0 Å². The lowest BCUT2D eigenvalue weighted by molar-refractivity contribution is -0.137. The molecule has 12 heteroatoms. The third kappa shape index (κ3) is 5.57. The summed E-state index contributed by atoms with van der Waals surface area (Å²) in [5.41, 5.74) is 0.373. The van der Waals surface area contributed by atoms with Crippen LogP contribution in [0.3, 0.4) is 0 Å². The van der Waals surface area contributed by atoms with Crippen LogP contribution >= 0.6 is 0 Å². The van der Waals surface area contributed by atoms with Crippen molar-refractivity contribution < 1.29 is 22.5 Å². The van der Waals surface area contributed by atoms with Gasteiger partial charge in [-0.1, -0.05) is 11.2 Å². The number of rotatable bonds is 8. The molecule has 0 unspecified atom stereocenters. The average molecular weight is 471 g/mol. The van der Waals surface area contributed by atoms with Crippen molar-refractivity contribution in [3.8, 4) is 11.4 Å². The van der Waals surface area contributed by atoms with Crippen LogP contribution in [0.25, 0.3) is 11.4 Å². The van der Waals surface area contributed by atoms with Gasteiger partial charge in [0.2, 0.25) is 5.95 Å². The molecular weight excluding hydrogens is 451 g/mol. The first kappa shape index (κ1) is 23.0. The molecule has 0 saturated carbocycles. The van der Waals surface area contributed by atoms with Crippen LogP contribution in [0.2, 0.25) is 0 Å². The van der Waals surface area contributed by atoms with Gasteiger partial charge in [-0.25, -0.2) is 4.68 Å². The van der Waals surface area contributed by atoms with Crippen molar-refractivity contribution in [2.24, 2.45) is 0 Å². The second-order valence-electron chi connectivity index (χ2n) is 7.35. The zero-order valence-electron chi connectivity index (χ0n) is 18.0. The van der Waals surface area contributed by atoms with Gasteiger partial charge in [-0.05, 0) is 43.7 Å². The summed E-state index contributed by atoms with van der Waals surface area (Å²) in [5.74, 6) is 0.843. The van der Waals surface area contributed by atoms with Crippen molar-refractivity contribution in [3.63, 3.8) is 0 Å². The van der Waals surface area contributed by atoms with Gasteiger partial charge in [0, 0.05) is 42.8 Å². The molecule has 176 valence electrons. The largest absolute Gasteiger partial charge is 0.416 e. The van der Waals surface area contributed by atoms with Crippen LogP contribution in [-0.4, -0.2) is 37.4 Å². The van der Waals surface area contributed by atoms with E-state index < -0.39 is 11.7 Å². The van der Waals surface area contributed by atoms with E-state index in [2.05, 4.69) is 30.9 Å². The van der Waals surface area contributed by atoms with Crippen LogP contribution in [0.1, 0.15) is 28.2 Å². The second-order valence-corrected chi connectivity index (χ2v) is 7.35. The first-order valence-corrected chi connectivity index (χ1v) is 10.3. The fourth-order valence-electron chi connectivity index (χ4n) is 3.16. The monoisotopic (exact) mass is 471 g/mol. The van der Waals surface area contributed by atoms with E-state index in [0.29, 0.717) is 31.1 Å². The van der Waals surface area contributed by atoms with Crippen LogP contribution in [0, 0.1) is 6.92 Å². The molecule has 0 aliphatic heterocycles. The number of aryl methyl sites for hydroxylation is 2. The minimum Gasteiger partial charge on any atom is -0.361 e. The van der Waals surface area contributed by atoms with Crippen molar-refractivity contribution in [2.75, 3.05) is 11.9 Å². The molecule has 0 atom stereocenters. The summed E-state index contributed by atoms with van der Waals surface area (Å²) in [6.45, 7) is 2.43. The molecule has 0 fully saturated rings. The fourth-order valence-corrected chi connectivity index (χ4v) is 3.16. The molecule has 1 aromatic carbocycles. The number of amides is 1. The zero-order valence-corrected chi connectivity index (χ0v) is 18.0. The number of halogens is 3. The number of carbonyl (C=O) groups is 1. The van der Waals surface area contributed by atoms with Crippen LogP contribution in [0.15, 0.2) is 59.4 Å². The van der Waals surface area contributed by atoms with E-state index in [0.717, 1.165) is 17.7 Å². The summed E-state index contributed by atoms with van der Waals surface area (Å²) < 4.78 is 45.6. The van der Waals surface area contributed by atoms with Crippen molar-refractivity contribution in [2.45, 2.75) is 26.1 Å². The molecule has 9 nitrogen and oxygen atoms in total. The van der Waals surface area contributed by atoms with Gasteiger partial charge in [0.25, 0.3) is 5.91 Å². The number of hydrogen-bond donors (Lipinski definition) is 2. The highest BCUT2D eigenvalue weighted by atomic mass is 19.4. The Morgan fingerprint density at radius 2 is 1.94 bits per heavy atom. The van der Waals surface area contributed by atoms with Crippen molar-refractivity contribution in [1.82, 2.24) is 30.2 Å². The zero-order chi connectivity index (χ0) is 24.1. The molecule has 3 aromatic heterocycles. The minimum atomic E-state index is -4.46. The van der Waals surface area contributed by atoms with Crippen molar-refractivity contribution in [3.05, 3.63) is 71.9 Å². The topological polar surface area (TPSA) is 111 Å². The molecule has 34 heavy (non-hydrogen) atoms. The van der Waals surface area contributed by atoms with Crippen molar-refractivity contribution >= 4 is 17.5 Å². The number of alkyl halides is 3. The fraction of sp³-hybridized carbons (Fsp3) is 0.227. The molecular formula is C22H20F3N7O2. The number of anilines is 2. The van der Waals surface area contributed by atoms with Gasteiger partial charge in [-0.15, -0.1) is 5.10 Å². The normalized spacial score (nSPS) is 11.4. The molecule has 0 aliphatic carbocycles. The number of benzene rings is 1. The number of nitrogens with zero attached hydrogens (tertiary/aromatic N) is 5. The molecule has 0 aliphatic rings. The van der Waals surface area contributed by atoms with E-state index in [1.165, 1.54) is 12.1 Å². The molecule has 0 saturated heterocycles. The lowest BCUT2D eigenvalue weighted by atomic mass is 10.2. The smallest absolute Gasteiger partial charge is 0.361 e. The minimum absolute atomic E-state index is 0.147. The maximum Gasteiger partial charge on any atom is 0.416 e. The Bertz CT molecular complexity index is 1270. The van der Waals surface area contributed by atoms with E-state index >= 15 is 0 Å². The number of nitrogens with one attached hydrogen (secondary N) is 2. The summed E-state index contributed by atoms with van der Waals surface area (Å²) in [6.07, 6.45) is -0.725. The van der Waals surface area contributed by atoms with E-state index in [-0.39, 0.29) is 23.2 Å². The Kier molecular flexibility index (Phi) is 6.57. The van der Waals surface area contributed by atoms with Gasteiger partial charge in [0.15, 0.2) is 11.5 Å². The highest BCUT2D eigenvalue weighted by Gasteiger charge is 2.30. The highest BCUT2D eigenvalue weighted by Crippen LogP contribution is 2.31. The maximum absolute atomic E-state index is 13.0. The standard InChI is InChI=1S/C22H20F3N7O2/c1-14-12-18(31-34-14)20(33)27-8-3-11-32-19(15-6-9-26-10-7-15)29-21(30-32)28-17-5-2-4-16(13-17)22(23,24)25/h2,4-7,9-10,12-13H,3,8,11H2,1H3,(H,27,33)(H,28,30). The molecule has 0 bridgehead atoms. The van der Waals surface area contributed by atoms with E-state index in [9.17, 15) is 18.0 Å². The third-order valence-electron chi connectivity index (χ3n) is 4.75. The molecule has 3 heterocycles. The van der Waals surface area contributed by atoms with Gasteiger partial charge in [0.1, 0.15) is 5.76 Å². The number of aromatic nitrogens is 5. The summed E-state index contributed by atoms with van der Waals surface area (Å²) in [7, 11) is 0. The SMILES string of the molecule is Cc1cc(C(=O)NCCCn2nc(Nc3cccc(C(F)(F)F)c3)nc2-c2ccncc2)no1. The summed E-state index contributed by atoms with van der Waals surface area (Å²) >= 11 is 0. The van der Waals surface area contributed by atoms with Gasteiger partial charge in [-0.2, -0.15) is 18.2 Å². The van der Waals surface area contributed by atoms with Crippen LogP contribution in [-0.2, 0) is 12.7 Å². The predicted molar refractivity (Wildman–Crippen MR) is 116 cm³/mol. The van der Waals surface area contributed by atoms with E-state index in [1.54, 1.807) is 42.2 Å². The Labute approximate surface area is 192 Å². The Balaban J connectivity index is 1.47. The van der Waals surface area contributed by atoms with E-state index in [1.807, 2.05) is 0 Å².